The van der Waals surface area contributed by atoms with Crippen LogP contribution in [0.2, 0.25) is 0 Å². The molecule has 0 bridgehead atoms. The van der Waals surface area contributed by atoms with Crippen LogP contribution in [-0.2, 0) is 7.05 Å². The average Bonchev–Trinajstić information content (AvgIpc) is 2.73. The molecule has 8 heteroatoms. The van der Waals surface area contributed by atoms with Gasteiger partial charge >= 0.3 is 0 Å². The van der Waals surface area contributed by atoms with Gasteiger partial charge in [-0.3, -0.25) is 0 Å². The highest BCUT2D eigenvalue weighted by molar-refractivity contribution is 7.99. The fourth-order valence-electron chi connectivity index (χ4n) is 1.44. The van der Waals surface area contributed by atoms with Crippen molar-refractivity contribution in [3.8, 4) is 0 Å². The van der Waals surface area contributed by atoms with Gasteiger partial charge in [0, 0.05) is 18.2 Å². The van der Waals surface area contributed by atoms with Gasteiger partial charge in [-0.1, -0.05) is 37.2 Å². The number of tetrazole rings is 1. The number of nitrogens with two attached hydrogens (primary N) is 1. The molecule has 0 radical (unpaired) electrons. The molecule has 0 aliphatic carbocycles. The standard InChI is InChI=1S/C10H20N6OS/c1-10(2,8(11)13-17)6-4-5-7-18-9-12-14-15-16(9)3/h17H,4-7H2,1-3H3,(H2,11,13). The molecule has 102 valence electrons. The molecule has 0 aromatic carbocycles. The maximum absolute atomic E-state index is 8.66. The Morgan fingerprint density at radius 2 is 2.22 bits per heavy atom. The minimum Gasteiger partial charge on any atom is -0.409 e. The third kappa shape index (κ3) is 4.17. The van der Waals surface area contributed by atoms with Gasteiger partial charge in [0.1, 0.15) is 5.84 Å². The number of hydrogen-bond donors (Lipinski definition) is 2. The van der Waals surface area contributed by atoms with Crippen LogP contribution in [0.15, 0.2) is 10.3 Å². The highest BCUT2D eigenvalue weighted by Crippen LogP contribution is 2.24. The fourth-order valence-corrected chi connectivity index (χ4v) is 2.29. The summed E-state index contributed by atoms with van der Waals surface area (Å²) < 4.78 is 1.66. The van der Waals surface area contributed by atoms with Crippen molar-refractivity contribution < 1.29 is 5.21 Å². The third-order valence-corrected chi connectivity index (χ3v) is 3.91. The maximum atomic E-state index is 8.66. The van der Waals surface area contributed by atoms with Crippen molar-refractivity contribution >= 4 is 17.6 Å². The predicted octanol–water partition coefficient (Wildman–Crippen LogP) is 1.25. The van der Waals surface area contributed by atoms with Crippen molar-refractivity contribution in [3.63, 3.8) is 0 Å². The first-order valence-electron chi connectivity index (χ1n) is 5.80. The zero-order valence-electron chi connectivity index (χ0n) is 11.0. The number of nitrogens with zero attached hydrogens (tertiary/aromatic N) is 5. The lowest BCUT2D eigenvalue weighted by molar-refractivity contribution is 0.304. The second-order valence-electron chi connectivity index (χ2n) is 4.76. The summed E-state index contributed by atoms with van der Waals surface area (Å²) in [6.45, 7) is 3.95. The Hall–Kier alpha value is -1.31. The monoisotopic (exact) mass is 272 g/mol. The summed E-state index contributed by atoms with van der Waals surface area (Å²) in [5.41, 5.74) is 5.37. The molecule has 0 fully saturated rings. The first-order chi connectivity index (χ1) is 8.47. The quantitative estimate of drug-likeness (QED) is 0.193. The van der Waals surface area contributed by atoms with Gasteiger partial charge in [0.25, 0.3) is 0 Å². The molecule has 18 heavy (non-hydrogen) atoms. The van der Waals surface area contributed by atoms with E-state index in [0.717, 1.165) is 30.2 Å². The zero-order valence-corrected chi connectivity index (χ0v) is 11.8. The molecule has 1 heterocycles. The first kappa shape index (κ1) is 14.7. The van der Waals surface area contributed by atoms with Gasteiger partial charge in [0.05, 0.1) is 0 Å². The van der Waals surface area contributed by atoms with Crippen LogP contribution in [0, 0.1) is 5.41 Å². The van der Waals surface area contributed by atoms with Gasteiger partial charge in [-0.15, -0.1) is 5.10 Å². The summed E-state index contributed by atoms with van der Waals surface area (Å²) in [5.74, 6) is 1.24. The van der Waals surface area contributed by atoms with Gasteiger partial charge in [-0.2, -0.15) is 0 Å². The fraction of sp³-hybridized carbons (Fsp3) is 0.800. The molecular weight excluding hydrogens is 252 g/mol. The zero-order chi connectivity index (χ0) is 13.6. The number of hydrogen-bond acceptors (Lipinski definition) is 6. The largest absolute Gasteiger partial charge is 0.409 e. The maximum Gasteiger partial charge on any atom is 0.209 e. The summed E-state index contributed by atoms with van der Waals surface area (Å²) in [7, 11) is 1.82. The minimum atomic E-state index is -0.258. The summed E-state index contributed by atoms with van der Waals surface area (Å²) in [5, 5.41) is 23.8. The molecule has 1 aromatic rings. The number of rotatable bonds is 7. The van der Waals surface area contributed by atoms with E-state index >= 15 is 0 Å². The van der Waals surface area contributed by atoms with Gasteiger partial charge in [0.15, 0.2) is 0 Å². The van der Waals surface area contributed by atoms with E-state index in [1.54, 1.807) is 16.4 Å². The molecule has 0 atom stereocenters. The topological polar surface area (TPSA) is 102 Å². The van der Waals surface area contributed by atoms with Gasteiger partial charge in [0.2, 0.25) is 5.16 Å². The Balaban J connectivity index is 2.22. The van der Waals surface area contributed by atoms with Crippen molar-refractivity contribution in [2.45, 2.75) is 38.3 Å². The summed E-state index contributed by atoms with van der Waals surface area (Å²) in [6.07, 6.45) is 2.95. The number of oxime groups is 1. The number of amidine groups is 1. The normalized spacial score (nSPS) is 12.9. The molecule has 0 saturated heterocycles. The second-order valence-corrected chi connectivity index (χ2v) is 5.82. The van der Waals surface area contributed by atoms with Crippen molar-refractivity contribution in [1.29, 1.82) is 0 Å². The van der Waals surface area contributed by atoms with E-state index in [4.69, 9.17) is 10.9 Å². The van der Waals surface area contributed by atoms with Crippen molar-refractivity contribution in [1.82, 2.24) is 20.2 Å². The van der Waals surface area contributed by atoms with E-state index < -0.39 is 0 Å². The van der Waals surface area contributed by atoms with Crippen LogP contribution in [0.3, 0.4) is 0 Å². The molecule has 0 unspecified atom stereocenters. The Morgan fingerprint density at radius 3 is 2.78 bits per heavy atom. The number of aryl methyl sites for hydroxylation is 1. The lowest BCUT2D eigenvalue weighted by Gasteiger charge is -2.22. The molecule has 0 aliphatic rings. The van der Waals surface area contributed by atoms with Crippen molar-refractivity contribution in [2.24, 2.45) is 23.4 Å². The predicted molar refractivity (Wildman–Crippen MR) is 70.6 cm³/mol. The first-order valence-corrected chi connectivity index (χ1v) is 6.79. The molecule has 0 saturated carbocycles. The van der Waals surface area contributed by atoms with Crippen LogP contribution in [0.5, 0.6) is 0 Å². The Bertz CT molecular complexity index is 403. The molecule has 7 nitrogen and oxygen atoms in total. The highest BCUT2D eigenvalue weighted by Gasteiger charge is 2.22. The molecule has 0 spiro atoms. The lowest BCUT2D eigenvalue weighted by atomic mass is 9.86. The highest BCUT2D eigenvalue weighted by atomic mass is 32.2. The SMILES string of the molecule is Cn1nnnc1SCCCCC(C)(C)C(N)=NO. The van der Waals surface area contributed by atoms with E-state index in [0.29, 0.717) is 0 Å². The van der Waals surface area contributed by atoms with Gasteiger partial charge < -0.3 is 10.9 Å². The molecule has 3 N–H and O–H groups in total. The molecular formula is C10H20N6OS. The minimum absolute atomic E-state index is 0.258. The summed E-state index contributed by atoms with van der Waals surface area (Å²) in [6, 6.07) is 0. The number of aromatic nitrogens is 4. The number of unbranched alkanes of at least 4 members (excludes halogenated alkanes) is 1. The van der Waals surface area contributed by atoms with Crippen LogP contribution in [0.1, 0.15) is 33.1 Å². The van der Waals surface area contributed by atoms with Crippen molar-refractivity contribution in [3.05, 3.63) is 0 Å². The lowest BCUT2D eigenvalue weighted by Crippen LogP contribution is -2.31. The second kappa shape index (κ2) is 6.58. The van der Waals surface area contributed by atoms with E-state index in [9.17, 15) is 0 Å². The molecule has 0 aliphatic heterocycles. The van der Waals surface area contributed by atoms with E-state index in [2.05, 4.69) is 20.7 Å². The van der Waals surface area contributed by atoms with E-state index in [1.165, 1.54) is 0 Å². The van der Waals surface area contributed by atoms with Crippen LogP contribution in [0.25, 0.3) is 0 Å². The summed E-state index contributed by atoms with van der Waals surface area (Å²) in [4.78, 5) is 0. The molecule has 1 aromatic heterocycles. The Kier molecular flexibility index (Phi) is 5.39. The van der Waals surface area contributed by atoms with Crippen LogP contribution in [0.4, 0.5) is 0 Å². The van der Waals surface area contributed by atoms with Gasteiger partial charge in [-0.05, 0) is 23.3 Å². The average molecular weight is 272 g/mol. The van der Waals surface area contributed by atoms with Crippen LogP contribution < -0.4 is 5.73 Å². The van der Waals surface area contributed by atoms with Crippen molar-refractivity contribution in [2.75, 3.05) is 5.75 Å². The van der Waals surface area contributed by atoms with Crippen LogP contribution >= 0.6 is 11.8 Å². The van der Waals surface area contributed by atoms with Crippen LogP contribution in [-0.4, -0.2) is 37.0 Å². The van der Waals surface area contributed by atoms with E-state index in [-0.39, 0.29) is 11.3 Å². The third-order valence-electron chi connectivity index (χ3n) is 2.81. The summed E-state index contributed by atoms with van der Waals surface area (Å²) >= 11 is 1.63. The number of thioether (sulfide) groups is 1. The smallest absolute Gasteiger partial charge is 0.209 e. The molecule has 0 amide bonds. The Labute approximate surface area is 111 Å². The Morgan fingerprint density at radius 1 is 1.50 bits per heavy atom. The molecule has 1 rings (SSSR count). The van der Waals surface area contributed by atoms with Gasteiger partial charge in [-0.25, -0.2) is 4.68 Å². The van der Waals surface area contributed by atoms with E-state index in [1.807, 2.05) is 20.9 Å².